The second-order valence-corrected chi connectivity index (χ2v) is 11.5. The first-order chi connectivity index (χ1) is 19.7. The molecular formula is C28H36FN3O9S. The van der Waals surface area contributed by atoms with Gasteiger partial charge in [0.05, 0.1) is 42.2 Å². The Kier molecular flexibility index (Phi) is 11.1. The number of carboxylic acids is 3. The number of carbonyl (C=O) groups is 4. The van der Waals surface area contributed by atoms with Crippen LogP contribution in [0, 0.1) is 11.7 Å². The smallest absolute Gasteiger partial charge is 0.336 e. The molecule has 0 bridgehead atoms. The van der Waals surface area contributed by atoms with Gasteiger partial charge in [0.15, 0.2) is 5.60 Å². The van der Waals surface area contributed by atoms with E-state index in [0.29, 0.717) is 19.6 Å². The number of aromatic nitrogens is 1. The van der Waals surface area contributed by atoms with Gasteiger partial charge in [-0.05, 0) is 42.5 Å². The number of hydrogen-bond acceptors (Lipinski definition) is 9. The third kappa shape index (κ3) is 8.53. The molecule has 1 aromatic heterocycles. The Morgan fingerprint density at radius 1 is 1.14 bits per heavy atom. The molecular weight excluding hydrogens is 573 g/mol. The Morgan fingerprint density at radius 2 is 1.79 bits per heavy atom. The van der Waals surface area contributed by atoms with Gasteiger partial charge in [-0.25, -0.2) is 14.2 Å². The predicted molar refractivity (Wildman–Crippen MR) is 149 cm³/mol. The number of likely N-dealkylation sites (tertiary alicyclic amines) is 1. The molecule has 0 saturated carbocycles. The fourth-order valence-electron chi connectivity index (χ4n) is 5.35. The number of rotatable bonds is 10. The van der Waals surface area contributed by atoms with Crippen molar-refractivity contribution < 1.29 is 48.7 Å². The average molecular weight is 610 g/mol. The van der Waals surface area contributed by atoms with Gasteiger partial charge in [0.1, 0.15) is 5.82 Å². The van der Waals surface area contributed by atoms with E-state index in [9.17, 15) is 23.6 Å². The molecule has 0 aliphatic carbocycles. The monoisotopic (exact) mass is 609 g/mol. The van der Waals surface area contributed by atoms with E-state index in [1.807, 2.05) is 31.1 Å². The molecule has 1 fully saturated rings. The van der Waals surface area contributed by atoms with Gasteiger partial charge in [0, 0.05) is 45.5 Å². The molecule has 2 aliphatic rings. The van der Waals surface area contributed by atoms with Crippen LogP contribution in [0.2, 0.25) is 0 Å². The van der Waals surface area contributed by atoms with E-state index in [2.05, 4.69) is 9.88 Å². The van der Waals surface area contributed by atoms with Crippen molar-refractivity contribution in [1.29, 1.82) is 0 Å². The zero-order valence-electron chi connectivity index (χ0n) is 23.5. The molecule has 1 atom stereocenters. The number of carboxylic acid groups (broad SMARTS) is 3. The van der Waals surface area contributed by atoms with Gasteiger partial charge in [-0.2, -0.15) is 0 Å². The number of aliphatic carboxylic acids is 3. The summed E-state index contributed by atoms with van der Waals surface area (Å²) in [5.41, 5.74) is 1.89. The number of benzene rings is 1. The summed E-state index contributed by atoms with van der Waals surface area (Å²) in [5.74, 6) is -5.19. The SMILES string of the molecule is CN(C)C(=O)C(Cc1cscn1)CN1CCC2(CC1)OCCc1ccc(F)cc12.O=C(O)CC(O)(CC(=O)O)C(=O)O. The van der Waals surface area contributed by atoms with Crippen LogP contribution in [0.25, 0.3) is 0 Å². The van der Waals surface area contributed by atoms with Gasteiger partial charge in [0.25, 0.3) is 0 Å². The summed E-state index contributed by atoms with van der Waals surface area (Å²) >= 11 is 1.56. The van der Waals surface area contributed by atoms with Crippen LogP contribution in [-0.2, 0) is 42.4 Å². The Morgan fingerprint density at radius 3 is 2.31 bits per heavy atom. The number of nitrogens with zero attached hydrogens (tertiary/aromatic N) is 3. The summed E-state index contributed by atoms with van der Waals surface area (Å²) in [6.07, 6.45) is 0.857. The molecule has 3 heterocycles. The summed E-state index contributed by atoms with van der Waals surface area (Å²) in [7, 11) is 3.62. The van der Waals surface area contributed by atoms with Crippen molar-refractivity contribution in [2.75, 3.05) is 40.3 Å². The maximum Gasteiger partial charge on any atom is 0.336 e. The highest BCUT2D eigenvalue weighted by Crippen LogP contribution is 2.42. The predicted octanol–water partition coefficient (Wildman–Crippen LogP) is 1.84. The van der Waals surface area contributed by atoms with Gasteiger partial charge in [-0.1, -0.05) is 6.07 Å². The third-order valence-electron chi connectivity index (χ3n) is 7.47. The zero-order valence-corrected chi connectivity index (χ0v) is 24.3. The molecule has 1 amide bonds. The van der Waals surface area contributed by atoms with Gasteiger partial charge in [-0.15, -0.1) is 11.3 Å². The number of hydrogen-bond donors (Lipinski definition) is 4. The quantitative estimate of drug-likeness (QED) is 0.309. The summed E-state index contributed by atoms with van der Waals surface area (Å²) in [4.78, 5) is 51.6. The summed E-state index contributed by atoms with van der Waals surface area (Å²) in [6, 6.07) is 5.11. The van der Waals surface area contributed by atoms with E-state index < -0.39 is 36.4 Å². The molecule has 4 N–H and O–H groups in total. The highest BCUT2D eigenvalue weighted by atomic mass is 32.1. The van der Waals surface area contributed by atoms with Crippen molar-refractivity contribution in [2.24, 2.45) is 5.92 Å². The van der Waals surface area contributed by atoms with Crippen molar-refractivity contribution in [2.45, 2.75) is 49.7 Å². The Hall–Kier alpha value is -3.46. The van der Waals surface area contributed by atoms with Gasteiger partial charge in [0.2, 0.25) is 5.91 Å². The molecule has 230 valence electrons. The molecule has 12 nitrogen and oxygen atoms in total. The Balaban J connectivity index is 0.000000316. The summed E-state index contributed by atoms with van der Waals surface area (Å²) in [5, 5.41) is 35.8. The number of aliphatic hydroxyl groups is 1. The van der Waals surface area contributed by atoms with Crippen LogP contribution in [0.15, 0.2) is 29.1 Å². The molecule has 14 heteroatoms. The first-order valence-corrected chi connectivity index (χ1v) is 14.3. The summed E-state index contributed by atoms with van der Waals surface area (Å²) in [6.45, 7) is 3.07. The van der Waals surface area contributed by atoms with E-state index in [-0.39, 0.29) is 23.2 Å². The highest BCUT2D eigenvalue weighted by molar-refractivity contribution is 7.07. The lowest BCUT2D eigenvalue weighted by Crippen LogP contribution is -2.49. The van der Waals surface area contributed by atoms with Crippen molar-refractivity contribution in [3.63, 3.8) is 0 Å². The molecule has 1 aromatic carbocycles. The molecule has 4 rings (SSSR count). The van der Waals surface area contributed by atoms with Crippen LogP contribution in [-0.4, -0.2) is 105 Å². The van der Waals surface area contributed by atoms with Crippen LogP contribution in [0.4, 0.5) is 4.39 Å². The van der Waals surface area contributed by atoms with Crippen LogP contribution < -0.4 is 0 Å². The minimum Gasteiger partial charge on any atom is -0.481 e. The van der Waals surface area contributed by atoms with E-state index in [1.54, 1.807) is 28.4 Å². The number of fused-ring (bicyclic) bond motifs is 2. The van der Waals surface area contributed by atoms with Gasteiger partial charge < -0.3 is 35.0 Å². The third-order valence-corrected chi connectivity index (χ3v) is 8.10. The van der Waals surface area contributed by atoms with Crippen LogP contribution >= 0.6 is 11.3 Å². The van der Waals surface area contributed by atoms with Gasteiger partial charge >= 0.3 is 17.9 Å². The number of thiazole rings is 1. The largest absolute Gasteiger partial charge is 0.481 e. The summed E-state index contributed by atoms with van der Waals surface area (Å²) < 4.78 is 20.1. The lowest BCUT2D eigenvalue weighted by atomic mass is 9.79. The normalized spacial score (nSPS) is 17.0. The van der Waals surface area contributed by atoms with Crippen LogP contribution in [0.5, 0.6) is 0 Å². The Bertz CT molecular complexity index is 1250. The van der Waals surface area contributed by atoms with E-state index in [1.165, 1.54) is 5.56 Å². The topological polar surface area (TPSA) is 178 Å². The number of ether oxygens (including phenoxy) is 1. The lowest BCUT2D eigenvalue weighted by Gasteiger charge is -2.45. The number of halogens is 1. The fourth-order valence-corrected chi connectivity index (χ4v) is 5.92. The maximum absolute atomic E-state index is 13.9. The lowest BCUT2D eigenvalue weighted by molar-refractivity contribution is -0.170. The van der Waals surface area contributed by atoms with Gasteiger partial charge in [-0.3, -0.25) is 14.4 Å². The average Bonchev–Trinajstić information content (AvgIpc) is 3.42. The molecule has 1 spiro atoms. The minimum absolute atomic E-state index is 0.113. The molecule has 42 heavy (non-hydrogen) atoms. The van der Waals surface area contributed by atoms with Crippen molar-refractivity contribution in [3.8, 4) is 0 Å². The minimum atomic E-state index is -2.74. The van der Waals surface area contributed by atoms with E-state index in [0.717, 1.165) is 43.6 Å². The first-order valence-electron chi connectivity index (χ1n) is 13.4. The molecule has 1 unspecified atom stereocenters. The number of amides is 1. The fraction of sp³-hybridized carbons (Fsp3) is 0.536. The van der Waals surface area contributed by atoms with Crippen molar-refractivity contribution in [3.05, 3.63) is 51.7 Å². The Labute approximate surface area is 246 Å². The number of piperidine rings is 1. The molecule has 2 aliphatic heterocycles. The zero-order chi connectivity index (χ0) is 31.1. The standard InChI is InChI=1S/C22H28FN3O2S.C6H8O7/c1-25(2)21(27)17(11-19-14-29-15-24-19)13-26-8-6-22(7-9-26)20-12-18(23)4-3-16(20)5-10-28-22;7-3(8)1-6(13,5(11)12)2-4(9)10/h3-4,12,14-15,17H,5-11,13H2,1-2H3;13H,1-2H2,(H,7,8)(H,9,10)(H,11,12). The number of carbonyl (C=O) groups excluding carboxylic acids is 1. The molecule has 0 radical (unpaired) electrons. The first kappa shape index (κ1) is 33.0. The maximum atomic E-state index is 13.9. The molecule has 2 aromatic rings. The second-order valence-electron chi connectivity index (χ2n) is 10.8. The van der Waals surface area contributed by atoms with E-state index >= 15 is 0 Å². The second kappa shape index (κ2) is 14.1. The van der Waals surface area contributed by atoms with E-state index in [4.69, 9.17) is 25.2 Å². The van der Waals surface area contributed by atoms with Crippen LogP contribution in [0.1, 0.15) is 42.5 Å². The van der Waals surface area contributed by atoms with Crippen LogP contribution in [0.3, 0.4) is 0 Å². The highest BCUT2D eigenvalue weighted by Gasteiger charge is 2.42. The van der Waals surface area contributed by atoms with Crippen molar-refractivity contribution in [1.82, 2.24) is 14.8 Å². The molecule has 1 saturated heterocycles. The van der Waals surface area contributed by atoms with Crippen molar-refractivity contribution >= 4 is 35.2 Å².